The fourth-order valence-corrected chi connectivity index (χ4v) is 3.64. The van der Waals surface area contributed by atoms with Crippen LogP contribution >= 0.6 is 0 Å². The molecule has 0 aliphatic carbocycles. The van der Waals surface area contributed by atoms with Crippen LogP contribution in [0.25, 0.3) is 5.65 Å². The first-order valence-electron chi connectivity index (χ1n) is 9.41. The Morgan fingerprint density at radius 1 is 1.22 bits per heavy atom. The topological polar surface area (TPSA) is 68.5 Å². The summed E-state index contributed by atoms with van der Waals surface area (Å²) in [6, 6.07) is 11.2. The number of aromatic nitrogens is 3. The van der Waals surface area contributed by atoms with Crippen LogP contribution in [0.1, 0.15) is 48.7 Å². The molecule has 1 aliphatic rings. The van der Waals surface area contributed by atoms with Gasteiger partial charge in [-0.15, -0.1) is 0 Å². The molecule has 27 heavy (non-hydrogen) atoms. The zero-order valence-electron chi connectivity index (χ0n) is 15.6. The van der Waals surface area contributed by atoms with Crippen molar-refractivity contribution in [3.8, 4) is 0 Å². The maximum absolute atomic E-state index is 12.6. The van der Waals surface area contributed by atoms with Gasteiger partial charge >= 0.3 is 0 Å². The monoisotopic (exact) mass is 364 g/mol. The Labute approximate surface area is 158 Å². The molecule has 3 atom stereocenters. The molecule has 0 bridgehead atoms. The third-order valence-corrected chi connectivity index (χ3v) is 5.12. The van der Waals surface area contributed by atoms with Crippen LogP contribution in [0, 0.1) is 5.92 Å². The highest BCUT2D eigenvalue weighted by Crippen LogP contribution is 2.35. The van der Waals surface area contributed by atoms with Crippen LogP contribution in [-0.2, 0) is 4.74 Å². The smallest absolute Gasteiger partial charge is 0.251 e. The molecule has 1 amide bonds. The molecule has 6 heteroatoms. The minimum atomic E-state index is -0.139. The van der Waals surface area contributed by atoms with Crippen molar-refractivity contribution in [2.75, 3.05) is 0 Å². The normalized spacial score (nSPS) is 22.9. The lowest BCUT2D eigenvalue weighted by Crippen LogP contribution is -2.44. The Bertz CT molecular complexity index is 922. The molecule has 1 aliphatic heterocycles. The first-order valence-corrected chi connectivity index (χ1v) is 9.41. The summed E-state index contributed by atoms with van der Waals surface area (Å²) >= 11 is 0. The third-order valence-electron chi connectivity index (χ3n) is 5.12. The molecule has 140 valence electrons. The van der Waals surface area contributed by atoms with Crippen molar-refractivity contribution in [3.05, 3.63) is 66.1 Å². The van der Waals surface area contributed by atoms with E-state index in [9.17, 15) is 4.79 Å². The van der Waals surface area contributed by atoms with Crippen LogP contribution in [0.2, 0.25) is 0 Å². The van der Waals surface area contributed by atoms with Gasteiger partial charge in [0.1, 0.15) is 0 Å². The lowest BCUT2D eigenvalue weighted by Gasteiger charge is -2.37. The van der Waals surface area contributed by atoms with Gasteiger partial charge in [-0.3, -0.25) is 4.79 Å². The molecule has 0 unspecified atom stereocenters. The molecule has 1 aromatic carbocycles. The Kier molecular flexibility index (Phi) is 4.90. The lowest BCUT2D eigenvalue weighted by atomic mass is 9.90. The molecule has 3 aromatic rings. The predicted molar refractivity (Wildman–Crippen MR) is 102 cm³/mol. The highest BCUT2D eigenvalue weighted by Gasteiger charge is 2.34. The van der Waals surface area contributed by atoms with Gasteiger partial charge in [0, 0.05) is 29.6 Å². The van der Waals surface area contributed by atoms with E-state index in [-0.39, 0.29) is 24.2 Å². The summed E-state index contributed by atoms with van der Waals surface area (Å²) in [5.41, 5.74) is 2.46. The Morgan fingerprint density at radius 3 is 2.81 bits per heavy atom. The fraction of sp³-hybridized carbons (Fsp3) is 0.381. The van der Waals surface area contributed by atoms with E-state index in [0.717, 1.165) is 17.6 Å². The molecule has 1 saturated heterocycles. The van der Waals surface area contributed by atoms with Crippen LogP contribution in [0.15, 0.2) is 55.0 Å². The molecule has 0 saturated carbocycles. The van der Waals surface area contributed by atoms with Crippen molar-refractivity contribution in [1.82, 2.24) is 19.9 Å². The maximum Gasteiger partial charge on any atom is 0.251 e. The average Bonchev–Trinajstić information content (AvgIpc) is 3.12. The summed E-state index contributed by atoms with van der Waals surface area (Å²) < 4.78 is 8.13. The van der Waals surface area contributed by atoms with Crippen LogP contribution in [0.3, 0.4) is 0 Å². The van der Waals surface area contributed by atoms with Crippen molar-refractivity contribution in [2.24, 2.45) is 5.92 Å². The van der Waals surface area contributed by atoms with Crippen molar-refractivity contribution in [2.45, 2.75) is 44.9 Å². The van der Waals surface area contributed by atoms with Gasteiger partial charge in [0.25, 0.3) is 5.91 Å². The number of carbonyl (C=O) groups is 1. The van der Waals surface area contributed by atoms with E-state index in [1.165, 1.54) is 0 Å². The number of hydrogen-bond acceptors (Lipinski definition) is 4. The summed E-state index contributed by atoms with van der Waals surface area (Å²) in [4.78, 5) is 17.1. The van der Waals surface area contributed by atoms with Gasteiger partial charge < -0.3 is 10.1 Å². The van der Waals surface area contributed by atoms with E-state index >= 15 is 0 Å². The van der Waals surface area contributed by atoms with Crippen LogP contribution in [-0.4, -0.2) is 32.7 Å². The summed E-state index contributed by atoms with van der Waals surface area (Å²) in [6.07, 6.45) is 6.91. The molecule has 0 radical (unpaired) electrons. The summed E-state index contributed by atoms with van der Waals surface area (Å²) in [5, 5.41) is 7.58. The molecule has 6 nitrogen and oxygen atoms in total. The Balaban J connectivity index is 1.57. The van der Waals surface area contributed by atoms with Crippen molar-refractivity contribution < 1.29 is 9.53 Å². The zero-order chi connectivity index (χ0) is 18.8. The predicted octanol–water partition coefficient (Wildman–Crippen LogP) is 3.40. The van der Waals surface area contributed by atoms with Gasteiger partial charge in [-0.05, 0) is 37.0 Å². The largest absolute Gasteiger partial charge is 0.370 e. The number of fused-ring (bicyclic) bond motifs is 1. The van der Waals surface area contributed by atoms with E-state index in [2.05, 4.69) is 29.2 Å². The van der Waals surface area contributed by atoms with Crippen LogP contribution in [0.5, 0.6) is 0 Å². The van der Waals surface area contributed by atoms with E-state index in [1.54, 1.807) is 10.7 Å². The number of hydrogen-bond donors (Lipinski definition) is 1. The summed E-state index contributed by atoms with van der Waals surface area (Å²) in [7, 11) is 0. The first kappa shape index (κ1) is 17.7. The molecular formula is C21H24N4O2. The number of ether oxygens (including phenoxy) is 1. The van der Waals surface area contributed by atoms with Gasteiger partial charge in [-0.1, -0.05) is 32.0 Å². The van der Waals surface area contributed by atoms with Gasteiger partial charge in [0.05, 0.1) is 18.4 Å². The maximum atomic E-state index is 12.6. The van der Waals surface area contributed by atoms with Gasteiger partial charge in [0.15, 0.2) is 5.65 Å². The molecule has 0 spiro atoms. The quantitative estimate of drug-likeness (QED) is 0.770. The second-order valence-corrected chi connectivity index (χ2v) is 7.40. The summed E-state index contributed by atoms with van der Waals surface area (Å²) in [5.74, 6) is 0.320. The number of benzene rings is 1. The lowest BCUT2D eigenvalue weighted by molar-refractivity contribution is -0.0818. The molecular weight excluding hydrogens is 340 g/mol. The average molecular weight is 364 g/mol. The summed E-state index contributed by atoms with van der Waals surface area (Å²) in [6.45, 7) is 4.30. The fourth-order valence-electron chi connectivity index (χ4n) is 3.64. The zero-order valence-corrected chi connectivity index (χ0v) is 15.6. The number of nitrogens with zero attached hydrogens (tertiary/aromatic N) is 3. The van der Waals surface area contributed by atoms with Crippen molar-refractivity contribution >= 4 is 11.6 Å². The molecule has 1 fully saturated rings. The molecule has 4 rings (SSSR count). The first-order chi connectivity index (χ1) is 13.1. The standard InChI is InChI=1S/C21H24N4O2/c1-14(2)18-11-16(24-21(26)15-7-4-3-5-8-15)12-19(27-18)17-13-23-25-10-6-9-22-20(17)25/h3-10,13-14,16,18-19H,11-12H2,1-2H3,(H,24,26)/t16-,18-,19+/m0/s1. The van der Waals surface area contributed by atoms with Crippen molar-refractivity contribution in [1.29, 1.82) is 0 Å². The van der Waals surface area contributed by atoms with E-state index in [4.69, 9.17) is 4.74 Å². The number of rotatable bonds is 4. The Morgan fingerprint density at radius 2 is 2.04 bits per heavy atom. The highest BCUT2D eigenvalue weighted by molar-refractivity contribution is 5.94. The van der Waals surface area contributed by atoms with Gasteiger partial charge in [-0.2, -0.15) is 5.10 Å². The van der Waals surface area contributed by atoms with Gasteiger partial charge in [0.2, 0.25) is 0 Å². The molecule has 2 aromatic heterocycles. The van der Waals surface area contributed by atoms with Gasteiger partial charge in [-0.25, -0.2) is 9.50 Å². The number of carbonyl (C=O) groups excluding carboxylic acids is 1. The van der Waals surface area contributed by atoms with Crippen LogP contribution < -0.4 is 5.32 Å². The number of amides is 1. The second kappa shape index (κ2) is 7.48. The van der Waals surface area contributed by atoms with Crippen molar-refractivity contribution in [3.63, 3.8) is 0 Å². The van der Waals surface area contributed by atoms with E-state index in [1.807, 2.05) is 48.8 Å². The number of nitrogens with one attached hydrogen (secondary N) is 1. The van der Waals surface area contributed by atoms with E-state index in [0.29, 0.717) is 17.9 Å². The minimum absolute atomic E-state index is 0.0401. The third kappa shape index (κ3) is 3.71. The van der Waals surface area contributed by atoms with Crippen LogP contribution in [0.4, 0.5) is 0 Å². The van der Waals surface area contributed by atoms with E-state index < -0.39 is 0 Å². The molecule has 1 N–H and O–H groups in total. The molecule has 3 heterocycles. The second-order valence-electron chi connectivity index (χ2n) is 7.40. The SMILES string of the molecule is CC(C)[C@@H]1C[C@H](NC(=O)c2ccccc2)C[C@H](c2cnn3cccnc23)O1. The highest BCUT2D eigenvalue weighted by atomic mass is 16.5. The minimum Gasteiger partial charge on any atom is -0.370 e. The Hall–Kier alpha value is -2.73.